The molecule has 0 spiro atoms. The number of nitrogens with zero attached hydrogens (tertiary/aromatic N) is 2. The van der Waals surface area contributed by atoms with Gasteiger partial charge in [-0.05, 0) is 48.7 Å². The topological polar surface area (TPSA) is 81.0 Å². The number of carbonyl (C=O) groups is 2. The van der Waals surface area contributed by atoms with Crippen molar-refractivity contribution in [2.24, 2.45) is 7.05 Å². The monoisotopic (exact) mass is 372 g/mol. The second kappa shape index (κ2) is 7.34. The van der Waals surface area contributed by atoms with Gasteiger partial charge < -0.3 is 24.0 Å². The average Bonchev–Trinajstić information content (AvgIpc) is 2.98. The molecule has 27 heavy (non-hydrogen) atoms. The van der Waals surface area contributed by atoms with Crippen LogP contribution in [0.25, 0.3) is 0 Å². The first kappa shape index (κ1) is 18.8. The predicted molar refractivity (Wildman–Crippen MR) is 99.4 cm³/mol. The van der Waals surface area contributed by atoms with Crippen molar-refractivity contribution in [1.82, 2.24) is 9.47 Å². The first-order chi connectivity index (χ1) is 12.9. The third kappa shape index (κ3) is 3.37. The molecule has 1 aliphatic heterocycles. The van der Waals surface area contributed by atoms with Gasteiger partial charge in [-0.1, -0.05) is 0 Å². The fraction of sp³-hybridized carbons (Fsp3) is 0.400. The third-order valence-electron chi connectivity index (χ3n) is 5.22. The molecule has 2 aromatic rings. The minimum Gasteiger partial charge on any atom is -0.493 e. The van der Waals surface area contributed by atoms with E-state index >= 15 is 0 Å². The quantitative estimate of drug-likeness (QED) is 0.872. The largest absolute Gasteiger partial charge is 0.493 e. The number of benzene rings is 1. The van der Waals surface area contributed by atoms with Crippen LogP contribution in [0.5, 0.6) is 11.5 Å². The average molecular weight is 372 g/mol. The summed E-state index contributed by atoms with van der Waals surface area (Å²) in [5, 5.41) is 9.45. The summed E-state index contributed by atoms with van der Waals surface area (Å²) in [4.78, 5) is 26.4. The van der Waals surface area contributed by atoms with Gasteiger partial charge in [0.05, 0.1) is 26.7 Å². The van der Waals surface area contributed by atoms with Crippen LogP contribution < -0.4 is 9.47 Å². The van der Waals surface area contributed by atoms with Gasteiger partial charge in [-0.3, -0.25) is 9.59 Å². The van der Waals surface area contributed by atoms with Crippen LogP contribution in [0.1, 0.15) is 39.8 Å². The molecular formula is C20H24N2O5. The number of amides is 1. The van der Waals surface area contributed by atoms with Gasteiger partial charge in [0.15, 0.2) is 11.5 Å². The first-order valence-electron chi connectivity index (χ1n) is 8.77. The van der Waals surface area contributed by atoms with Crippen LogP contribution in [0.4, 0.5) is 0 Å². The zero-order valence-corrected chi connectivity index (χ0v) is 16.0. The van der Waals surface area contributed by atoms with E-state index in [2.05, 4.69) is 0 Å². The summed E-state index contributed by atoms with van der Waals surface area (Å²) in [6.07, 6.45) is 0.457. The SMILES string of the molecule is COc1cc2c(cc1OC)[C@@H](CC(=O)O)N(C(=O)c1ccc(C)n1C)CC2. The lowest BCUT2D eigenvalue weighted by Crippen LogP contribution is -2.41. The summed E-state index contributed by atoms with van der Waals surface area (Å²) < 4.78 is 12.6. The van der Waals surface area contributed by atoms with Crippen LogP contribution in [-0.4, -0.2) is 47.2 Å². The summed E-state index contributed by atoms with van der Waals surface area (Å²) in [5.74, 6) is -0.000378. The second-order valence-corrected chi connectivity index (χ2v) is 6.69. The van der Waals surface area contributed by atoms with Crippen molar-refractivity contribution in [3.8, 4) is 11.5 Å². The maximum absolute atomic E-state index is 13.2. The smallest absolute Gasteiger partial charge is 0.305 e. The highest BCUT2D eigenvalue weighted by Crippen LogP contribution is 2.40. The zero-order valence-electron chi connectivity index (χ0n) is 16.0. The van der Waals surface area contributed by atoms with Crippen LogP contribution in [0.2, 0.25) is 0 Å². The molecule has 0 bridgehead atoms. The number of aryl methyl sites for hydroxylation is 1. The van der Waals surface area contributed by atoms with E-state index in [1.54, 1.807) is 24.1 Å². The molecule has 1 N–H and O–H groups in total. The van der Waals surface area contributed by atoms with Crippen LogP contribution >= 0.6 is 0 Å². The molecule has 0 saturated heterocycles. The fourth-order valence-corrected chi connectivity index (χ4v) is 3.63. The molecule has 144 valence electrons. The van der Waals surface area contributed by atoms with Gasteiger partial charge in [-0.25, -0.2) is 0 Å². The molecule has 7 nitrogen and oxygen atoms in total. The number of ether oxygens (including phenoxy) is 2. The highest BCUT2D eigenvalue weighted by molar-refractivity contribution is 5.93. The molecule has 1 aliphatic rings. The Kier molecular flexibility index (Phi) is 5.12. The number of methoxy groups -OCH3 is 2. The molecule has 0 fully saturated rings. The molecule has 2 heterocycles. The zero-order chi connectivity index (χ0) is 19.7. The van der Waals surface area contributed by atoms with Crippen molar-refractivity contribution in [2.45, 2.75) is 25.8 Å². The van der Waals surface area contributed by atoms with E-state index in [4.69, 9.17) is 9.47 Å². The number of fused-ring (bicyclic) bond motifs is 1. The van der Waals surface area contributed by atoms with Crippen molar-refractivity contribution >= 4 is 11.9 Å². The number of rotatable bonds is 5. The summed E-state index contributed by atoms with van der Waals surface area (Å²) in [6.45, 7) is 2.37. The lowest BCUT2D eigenvalue weighted by molar-refractivity contribution is -0.138. The molecular weight excluding hydrogens is 348 g/mol. The highest BCUT2D eigenvalue weighted by atomic mass is 16.5. The number of carbonyl (C=O) groups excluding carboxylic acids is 1. The fourth-order valence-electron chi connectivity index (χ4n) is 3.63. The van der Waals surface area contributed by atoms with Crippen molar-refractivity contribution in [2.75, 3.05) is 20.8 Å². The minimum atomic E-state index is -0.955. The number of carboxylic acid groups (broad SMARTS) is 1. The van der Waals surface area contributed by atoms with Gasteiger partial charge in [0.1, 0.15) is 5.69 Å². The number of aliphatic carboxylic acids is 1. The van der Waals surface area contributed by atoms with E-state index in [0.29, 0.717) is 30.2 Å². The van der Waals surface area contributed by atoms with Gasteiger partial charge in [0.2, 0.25) is 0 Å². The molecule has 3 rings (SSSR count). The third-order valence-corrected chi connectivity index (χ3v) is 5.22. The number of hydrogen-bond donors (Lipinski definition) is 1. The molecule has 1 atom stereocenters. The Morgan fingerprint density at radius 2 is 1.85 bits per heavy atom. The summed E-state index contributed by atoms with van der Waals surface area (Å²) in [7, 11) is 4.94. The molecule has 0 unspecified atom stereocenters. The standard InChI is InChI=1S/C20H24N2O5/c1-12-5-6-15(21(12)2)20(25)22-8-7-13-9-17(26-3)18(27-4)10-14(13)16(22)11-19(23)24/h5-6,9-10,16H,7-8,11H2,1-4H3,(H,23,24)/t16-/m1/s1. The van der Waals surface area contributed by atoms with E-state index in [1.807, 2.05) is 30.7 Å². The minimum absolute atomic E-state index is 0.169. The van der Waals surface area contributed by atoms with Gasteiger partial charge in [0.25, 0.3) is 5.91 Å². The molecule has 0 aliphatic carbocycles. The van der Waals surface area contributed by atoms with Crippen molar-refractivity contribution in [3.05, 3.63) is 46.8 Å². The van der Waals surface area contributed by atoms with Crippen LogP contribution in [0, 0.1) is 6.92 Å². The first-order valence-corrected chi connectivity index (χ1v) is 8.77. The van der Waals surface area contributed by atoms with Crippen molar-refractivity contribution in [1.29, 1.82) is 0 Å². The Morgan fingerprint density at radius 1 is 1.19 bits per heavy atom. The van der Waals surface area contributed by atoms with Crippen molar-refractivity contribution in [3.63, 3.8) is 0 Å². The van der Waals surface area contributed by atoms with E-state index in [-0.39, 0.29) is 12.3 Å². The molecule has 1 amide bonds. The predicted octanol–water partition coefficient (Wildman–Crippen LogP) is 2.57. The van der Waals surface area contributed by atoms with Crippen LogP contribution in [0.15, 0.2) is 24.3 Å². The Hall–Kier alpha value is -2.96. The van der Waals surface area contributed by atoms with Gasteiger partial charge in [-0.15, -0.1) is 0 Å². The van der Waals surface area contributed by atoms with E-state index in [9.17, 15) is 14.7 Å². The number of aromatic nitrogens is 1. The van der Waals surface area contributed by atoms with Gasteiger partial charge >= 0.3 is 5.97 Å². The lowest BCUT2D eigenvalue weighted by Gasteiger charge is -2.37. The second-order valence-electron chi connectivity index (χ2n) is 6.69. The van der Waals surface area contributed by atoms with Crippen LogP contribution in [0.3, 0.4) is 0 Å². The maximum Gasteiger partial charge on any atom is 0.305 e. The van der Waals surface area contributed by atoms with Gasteiger partial charge in [0, 0.05) is 19.3 Å². The van der Waals surface area contributed by atoms with Gasteiger partial charge in [-0.2, -0.15) is 0 Å². The van der Waals surface area contributed by atoms with Crippen molar-refractivity contribution < 1.29 is 24.2 Å². The molecule has 0 radical (unpaired) electrons. The van der Waals surface area contributed by atoms with E-state index < -0.39 is 12.0 Å². The lowest BCUT2D eigenvalue weighted by atomic mass is 9.89. The molecule has 0 saturated carbocycles. The molecule has 1 aromatic carbocycles. The van der Waals surface area contributed by atoms with E-state index in [1.165, 1.54) is 7.11 Å². The normalized spacial score (nSPS) is 16.0. The summed E-state index contributed by atoms with van der Waals surface area (Å²) in [6, 6.07) is 6.76. The number of hydrogen-bond acceptors (Lipinski definition) is 4. The summed E-state index contributed by atoms with van der Waals surface area (Å²) >= 11 is 0. The molecule has 7 heteroatoms. The number of carboxylic acids is 1. The van der Waals surface area contributed by atoms with E-state index in [0.717, 1.165) is 16.8 Å². The Morgan fingerprint density at radius 3 is 2.41 bits per heavy atom. The Bertz CT molecular complexity index is 887. The molecule has 1 aromatic heterocycles. The maximum atomic E-state index is 13.2. The summed E-state index contributed by atoms with van der Waals surface area (Å²) in [5.41, 5.74) is 3.29. The van der Waals surface area contributed by atoms with Crippen LogP contribution in [-0.2, 0) is 18.3 Å². The Balaban J connectivity index is 2.05. The highest BCUT2D eigenvalue weighted by Gasteiger charge is 2.34. The Labute approximate surface area is 158 Å².